The molecule has 0 spiro atoms. The van der Waals surface area contributed by atoms with E-state index in [4.69, 9.17) is 0 Å². The number of anilines is 6. The van der Waals surface area contributed by atoms with Crippen LogP contribution in [0.5, 0.6) is 0 Å². The maximum absolute atomic E-state index is 2.42. The third-order valence-corrected chi connectivity index (χ3v) is 9.27. The van der Waals surface area contributed by atoms with Crippen LogP contribution in [-0.2, 0) is 0 Å². The molecule has 8 aromatic rings. The van der Waals surface area contributed by atoms with Crippen LogP contribution in [0.4, 0.5) is 34.1 Å². The second-order valence-electron chi connectivity index (χ2n) is 10.6. The standard InChI is InChI=1S/C40H28N2S/c1-5-16-30(17-6-1)41(31-18-7-2-8-19-31)37-28-27-36-35-26-25-29-15-13-14-24-34(29)39(35)43-40(36)38(37)42(32-20-9-3-10-21-32)33-22-11-4-12-23-33/h1-28H. The highest BCUT2D eigenvalue weighted by Crippen LogP contribution is 2.52. The third kappa shape index (κ3) is 4.42. The molecule has 1 aromatic heterocycles. The van der Waals surface area contributed by atoms with Crippen LogP contribution in [0.25, 0.3) is 30.9 Å². The zero-order valence-corrected chi connectivity index (χ0v) is 24.3. The van der Waals surface area contributed by atoms with E-state index in [1.165, 1.54) is 30.9 Å². The average Bonchev–Trinajstić information content (AvgIpc) is 3.47. The van der Waals surface area contributed by atoms with Crippen molar-refractivity contribution in [2.24, 2.45) is 0 Å². The Morgan fingerprint density at radius 1 is 0.326 bits per heavy atom. The highest BCUT2D eigenvalue weighted by Gasteiger charge is 2.26. The highest BCUT2D eigenvalue weighted by atomic mass is 32.1. The van der Waals surface area contributed by atoms with Crippen molar-refractivity contribution >= 4 is 76.4 Å². The van der Waals surface area contributed by atoms with Crippen molar-refractivity contribution in [3.05, 3.63) is 170 Å². The summed E-state index contributed by atoms with van der Waals surface area (Å²) >= 11 is 1.89. The Labute approximate surface area is 255 Å². The van der Waals surface area contributed by atoms with Crippen molar-refractivity contribution in [2.45, 2.75) is 0 Å². The monoisotopic (exact) mass is 568 g/mol. The van der Waals surface area contributed by atoms with E-state index in [-0.39, 0.29) is 0 Å². The number of thiophene rings is 1. The van der Waals surface area contributed by atoms with Gasteiger partial charge >= 0.3 is 0 Å². The highest BCUT2D eigenvalue weighted by molar-refractivity contribution is 7.27. The molecule has 2 nitrogen and oxygen atoms in total. The van der Waals surface area contributed by atoms with Gasteiger partial charge in [0, 0.05) is 38.2 Å². The molecule has 7 aromatic carbocycles. The molecule has 0 N–H and O–H groups in total. The summed E-state index contributed by atoms with van der Waals surface area (Å²) in [5, 5.41) is 5.12. The fourth-order valence-electron chi connectivity index (χ4n) is 6.08. The van der Waals surface area contributed by atoms with Crippen molar-refractivity contribution in [3.8, 4) is 0 Å². The number of hydrogen-bond donors (Lipinski definition) is 0. The molecule has 0 atom stereocenters. The summed E-state index contributed by atoms with van der Waals surface area (Å²) < 4.78 is 2.58. The zero-order chi connectivity index (χ0) is 28.6. The number of nitrogens with zero attached hydrogens (tertiary/aromatic N) is 2. The summed E-state index contributed by atoms with van der Waals surface area (Å²) in [6.45, 7) is 0. The van der Waals surface area contributed by atoms with Crippen molar-refractivity contribution < 1.29 is 0 Å². The largest absolute Gasteiger partial charge is 0.308 e. The fourth-order valence-corrected chi connectivity index (χ4v) is 7.45. The number of rotatable bonds is 6. The number of hydrogen-bond acceptors (Lipinski definition) is 3. The van der Waals surface area contributed by atoms with Gasteiger partial charge in [-0.3, -0.25) is 0 Å². The van der Waals surface area contributed by atoms with E-state index in [9.17, 15) is 0 Å². The Morgan fingerprint density at radius 3 is 1.33 bits per heavy atom. The molecule has 8 rings (SSSR count). The topological polar surface area (TPSA) is 6.48 Å². The van der Waals surface area contributed by atoms with Gasteiger partial charge in [0.15, 0.2) is 0 Å². The number of fused-ring (bicyclic) bond motifs is 5. The van der Waals surface area contributed by atoms with E-state index in [1.807, 2.05) is 11.3 Å². The lowest BCUT2D eigenvalue weighted by Crippen LogP contribution is -2.17. The molecule has 1 heterocycles. The predicted molar refractivity (Wildman–Crippen MR) is 186 cm³/mol. The first kappa shape index (κ1) is 25.3. The first-order valence-electron chi connectivity index (χ1n) is 14.5. The maximum Gasteiger partial charge on any atom is 0.0883 e. The van der Waals surface area contributed by atoms with Gasteiger partial charge < -0.3 is 9.80 Å². The van der Waals surface area contributed by atoms with Crippen LogP contribution < -0.4 is 9.80 Å². The second-order valence-corrected chi connectivity index (χ2v) is 11.6. The Hall–Kier alpha value is -5.38. The average molecular weight is 569 g/mol. The first-order valence-corrected chi connectivity index (χ1v) is 15.4. The molecule has 0 bridgehead atoms. The van der Waals surface area contributed by atoms with E-state index < -0.39 is 0 Å². The van der Waals surface area contributed by atoms with Crippen LogP contribution in [0.1, 0.15) is 0 Å². The molecule has 0 aliphatic heterocycles. The molecular formula is C40H28N2S. The molecule has 0 amide bonds. The fraction of sp³-hybridized carbons (Fsp3) is 0. The summed E-state index contributed by atoms with van der Waals surface area (Å²) in [5.41, 5.74) is 6.74. The van der Waals surface area contributed by atoms with Gasteiger partial charge in [-0.2, -0.15) is 0 Å². The van der Waals surface area contributed by atoms with Gasteiger partial charge in [-0.15, -0.1) is 11.3 Å². The van der Waals surface area contributed by atoms with Crippen LogP contribution in [-0.4, -0.2) is 0 Å². The summed E-state index contributed by atoms with van der Waals surface area (Å²) in [4.78, 5) is 4.81. The van der Waals surface area contributed by atoms with E-state index in [0.29, 0.717) is 0 Å². The predicted octanol–water partition coefficient (Wildman–Crippen LogP) is 12.1. The Bertz CT molecular complexity index is 2090. The molecule has 0 aliphatic carbocycles. The van der Waals surface area contributed by atoms with Gasteiger partial charge in [-0.05, 0) is 65.4 Å². The Kier molecular flexibility index (Phi) is 6.36. The lowest BCUT2D eigenvalue weighted by Gasteiger charge is -2.33. The summed E-state index contributed by atoms with van der Waals surface area (Å²) in [5.74, 6) is 0. The first-order chi connectivity index (χ1) is 21.4. The summed E-state index contributed by atoms with van der Waals surface area (Å²) in [6.07, 6.45) is 0. The van der Waals surface area contributed by atoms with Crippen LogP contribution in [0.15, 0.2) is 170 Å². The van der Waals surface area contributed by atoms with E-state index in [0.717, 1.165) is 34.1 Å². The molecule has 0 radical (unpaired) electrons. The smallest absolute Gasteiger partial charge is 0.0883 e. The third-order valence-electron chi connectivity index (χ3n) is 8.01. The second kappa shape index (κ2) is 10.8. The van der Waals surface area contributed by atoms with Crippen LogP contribution in [0.3, 0.4) is 0 Å². The molecule has 3 heteroatoms. The molecule has 204 valence electrons. The normalized spacial score (nSPS) is 11.3. The minimum Gasteiger partial charge on any atom is -0.308 e. The SMILES string of the molecule is c1ccc(N(c2ccccc2)c2ccc3c(sc4c5ccccc5ccc34)c2N(c2ccccc2)c2ccccc2)cc1. The van der Waals surface area contributed by atoms with E-state index >= 15 is 0 Å². The molecule has 0 saturated carbocycles. The molecule has 43 heavy (non-hydrogen) atoms. The van der Waals surface area contributed by atoms with Gasteiger partial charge in [0.2, 0.25) is 0 Å². The van der Waals surface area contributed by atoms with Crippen molar-refractivity contribution in [3.63, 3.8) is 0 Å². The van der Waals surface area contributed by atoms with E-state index in [2.05, 4.69) is 180 Å². The minimum atomic E-state index is 1.11. The molecule has 0 aliphatic rings. The van der Waals surface area contributed by atoms with Crippen molar-refractivity contribution in [1.82, 2.24) is 0 Å². The molecule has 0 saturated heterocycles. The van der Waals surface area contributed by atoms with Gasteiger partial charge in [0.25, 0.3) is 0 Å². The van der Waals surface area contributed by atoms with Crippen molar-refractivity contribution in [2.75, 3.05) is 9.80 Å². The van der Waals surface area contributed by atoms with Crippen molar-refractivity contribution in [1.29, 1.82) is 0 Å². The number of para-hydroxylation sites is 4. The Morgan fingerprint density at radius 2 is 0.767 bits per heavy atom. The summed E-state index contributed by atoms with van der Waals surface area (Å²) in [6, 6.07) is 60.7. The lowest BCUT2D eigenvalue weighted by atomic mass is 10.0. The quantitative estimate of drug-likeness (QED) is 0.197. The molecule has 0 fully saturated rings. The van der Waals surface area contributed by atoms with Crippen LogP contribution >= 0.6 is 11.3 Å². The molecule has 0 unspecified atom stereocenters. The van der Waals surface area contributed by atoms with Crippen LogP contribution in [0.2, 0.25) is 0 Å². The minimum absolute atomic E-state index is 1.11. The van der Waals surface area contributed by atoms with Gasteiger partial charge in [-0.25, -0.2) is 0 Å². The van der Waals surface area contributed by atoms with Gasteiger partial charge in [-0.1, -0.05) is 115 Å². The lowest BCUT2D eigenvalue weighted by molar-refractivity contribution is 1.24. The number of benzene rings is 7. The summed E-state index contributed by atoms with van der Waals surface area (Å²) in [7, 11) is 0. The zero-order valence-electron chi connectivity index (χ0n) is 23.5. The molecular weight excluding hydrogens is 541 g/mol. The van der Waals surface area contributed by atoms with Gasteiger partial charge in [0.05, 0.1) is 16.1 Å². The Balaban J connectivity index is 1.53. The van der Waals surface area contributed by atoms with Gasteiger partial charge in [0.1, 0.15) is 0 Å². The van der Waals surface area contributed by atoms with Crippen LogP contribution in [0, 0.1) is 0 Å². The maximum atomic E-state index is 2.42. The van der Waals surface area contributed by atoms with E-state index in [1.54, 1.807) is 0 Å².